The lowest BCUT2D eigenvalue weighted by atomic mass is 10.0. The molecule has 3 heteroatoms. The molecule has 1 fully saturated rings. The molecule has 1 aromatic heterocycles. The van der Waals surface area contributed by atoms with Crippen LogP contribution in [0.1, 0.15) is 39.1 Å². The van der Waals surface area contributed by atoms with E-state index in [1.165, 1.54) is 11.1 Å². The van der Waals surface area contributed by atoms with Gasteiger partial charge in [-0.05, 0) is 41.4 Å². The molecule has 18 heavy (non-hydrogen) atoms. The lowest BCUT2D eigenvalue weighted by Crippen LogP contribution is -1.97. The van der Waals surface area contributed by atoms with Crippen LogP contribution in [0.5, 0.6) is 0 Å². The quantitative estimate of drug-likeness (QED) is 0.846. The minimum Gasteiger partial charge on any atom is -0.477 e. The van der Waals surface area contributed by atoms with Crippen LogP contribution in [-0.4, -0.2) is 16.1 Å². The van der Waals surface area contributed by atoms with E-state index in [2.05, 4.69) is 29.2 Å². The molecule has 1 saturated carbocycles. The van der Waals surface area contributed by atoms with Crippen LogP contribution >= 0.6 is 0 Å². The van der Waals surface area contributed by atoms with Gasteiger partial charge in [-0.15, -0.1) is 0 Å². The van der Waals surface area contributed by atoms with Crippen LogP contribution in [0.15, 0.2) is 36.4 Å². The lowest BCUT2D eigenvalue weighted by Gasteiger charge is -2.03. The summed E-state index contributed by atoms with van der Waals surface area (Å²) < 4.78 is 0. The molecular weight excluding hydrogens is 226 g/mol. The maximum Gasteiger partial charge on any atom is 0.352 e. The van der Waals surface area contributed by atoms with Gasteiger partial charge in [0.2, 0.25) is 0 Å². The van der Waals surface area contributed by atoms with Crippen molar-refractivity contribution in [3.05, 3.63) is 58.9 Å². The number of carboxylic acid groups (broad SMARTS) is 1. The van der Waals surface area contributed by atoms with E-state index in [4.69, 9.17) is 5.11 Å². The molecule has 0 saturated heterocycles. The normalized spacial score (nSPS) is 27.7. The van der Waals surface area contributed by atoms with Gasteiger partial charge in [-0.3, -0.25) is 0 Å². The second-order valence-corrected chi connectivity index (χ2v) is 5.25. The minimum atomic E-state index is -0.863. The maximum absolute atomic E-state index is 10.9. The molecule has 3 atom stereocenters. The van der Waals surface area contributed by atoms with Crippen LogP contribution in [0.25, 0.3) is 0 Å². The summed E-state index contributed by atoms with van der Waals surface area (Å²) in [5, 5.41) is 8.99. The van der Waals surface area contributed by atoms with Crippen molar-refractivity contribution in [3.63, 3.8) is 0 Å². The lowest BCUT2D eigenvalue weighted by molar-refractivity contribution is 0.0691. The molecule has 2 N–H and O–H groups in total. The standard InChI is InChI=1S/C15H13NO2/c17-15(18)12-6-9-11(16-12)7-10-13(14(9)10)8-4-2-1-3-5-8/h1-6,10,13-14,16H,7H2,(H,17,18)/t10?,13-,14?/m0/s1. The van der Waals surface area contributed by atoms with E-state index in [1.807, 2.05) is 12.1 Å². The van der Waals surface area contributed by atoms with E-state index < -0.39 is 5.97 Å². The molecule has 0 aliphatic heterocycles. The maximum atomic E-state index is 10.9. The molecule has 0 spiro atoms. The predicted octanol–water partition coefficient (Wildman–Crippen LogP) is 2.77. The number of carbonyl (C=O) groups is 1. The number of nitrogens with one attached hydrogen (secondary N) is 1. The molecule has 3 nitrogen and oxygen atoms in total. The summed E-state index contributed by atoms with van der Waals surface area (Å²) in [5.41, 5.74) is 4.08. The number of carboxylic acids is 1. The molecule has 2 aromatic rings. The van der Waals surface area contributed by atoms with Crippen LogP contribution in [-0.2, 0) is 6.42 Å². The first kappa shape index (κ1) is 9.95. The summed E-state index contributed by atoms with van der Waals surface area (Å²) >= 11 is 0. The molecule has 2 unspecified atom stereocenters. The van der Waals surface area contributed by atoms with Gasteiger partial charge in [0.05, 0.1) is 0 Å². The fourth-order valence-electron chi connectivity index (χ4n) is 3.51. The Kier molecular flexibility index (Phi) is 1.80. The molecule has 2 aliphatic carbocycles. The highest BCUT2D eigenvalue weighted by atomic mass is 16.4. The number of fused-ring (bicyclic) bond motifs is 3. The van der Waals surface area contributed by atoms with Gasteiger partial charge in [0.1, 0.15) is 5.69 Å². The number of aromatic carboxylic acids is 1. The Labute approximate surface area is 104 Å². The number of rotatable bonds is 2. The fraction of sp³-hybridized carbons (Fsp3) is 0.267. The Hall–Kier alpha value is -2.03. The van der Waals surface area contributed by atoms with Crippen molar-refractivity contribution in [2.75, 3.05) is 0 Å². The van der Waals surface area contributed by atoms with Gasteiger partial charge in [-0.2, -0.15) is 0 Å². The average Bonchev–Trinajstić information content (AvgIpc) is 2.75. The number of H-pyrrole nitrogens is 1. The number of benzene rings is 1. The molecule has 4 rings (SSSR count). The van der Waals surface area contributed by atoms with Gasteiger partial charge >= 0.3 is 5.97 Å². The Bertz CT molecular complexity index is 629. The topological polar surface area (TPSA) is 53.1 Å². The van der Waals surface area contributed by atoms with E-state index in [0.29, 0.717) is 23.4 Å². The largest absolute Gasteiger partial charge is 0.477 e. The van der Waals surface area contributed by atoms with Crippen LogP contribution in [0, 0.1) is 5.92 Å². The summed E-state index contributed by atoms with van der Waals surface area (Å²) in [6.45, 7) is 0. The highest BCUT2D eigenvalue weighted by Gasteiger charge is 2.56. The first-order valence-electron chi connectivity index (χ1n) is 6.25. The van der Waals surface area contributed by atoms with Crippen molar-refractivity contribution in [3.8, 4) is 0 Å². The first-order chi connectivity index (χ1) is 8.75. The second-order valence-electron chi connectivity index (χ2n) is 5.25. The van der Waals surface area contributed by atoms with Crippen molar-refractivity contribution in [2.45, 2.75) is 18.3 Å². The molecule has 0 bridgehead atoms. The summed E-state index contributed by atoms with van der Waals surface area (Å²) in [6.07, 6.45) is 0.993. The predicted molar refractivity (Wildman–Crippen MR) is 66.9 cm³/mol. The molecule has 0 radical (unpaired) electrons. The first-order valence-corrected chi connectivity index (χ1v) is 6.25. The average molecular weight is 239 g/mol. The third kappa shape index (κ3) is 1.22. The number of hydrogen-bond acceptors (Lipinski definition) is 1. The smallest absolute Gasteiger partial charge is 0.352 e. The molecule has 2 aliphatic rings. The molecule has 1 aromatic carbocycles. The molecule has 0 amide bonds. The van der Waals surface area contributed by atoms with Gasteiger partial charge in [-0.1, -0.05) is 30.3 Å². The van der Waals surface area contributed by atoms with Crippen LogP contribution in [0.2, 0.25) is 0 Å². The van der Waals surface area contributed by atoms with Crippen molar-refractivity contribution < 1.29 is 9.90 Å². The monoisotopic (exact) mass is 239 g/mol. The van der Waals surface area contributed by atoms with Crippen LogP contribution < -0.4 is 0 Å². The van der Waals surface area contributed by atoms with Gasteiger partial charge in [0.25, 0.3) is 0 Å². The molecular formula is C15H13NO2. The zero-order valence-corrected chi connectivity index (χ0v) is 9.76. The Morgan fingerprint density at radius 3 is 2.72 bits per heavy atom. The summed E-state index contributed by atoms with van der Waals surface area (Å²) in [5.74, 6) is 0.942. The third-order valence-electron chi connectivity index (χ3n) is 4.32. The zero-order valence-electron chi connectivity index (χ0n) is 9.76. The molecule has 90 valence electrons. The van der Waals surface area contributed by atoms with E-state index in [9.17, 15) is 4.79 Å². The Morgan fingerprint density at radius 2 is 2.00 bits per heavy atom. The van der Waals surface area contributed by atoms with Gasteiger partial charge < -0.3 is 10.1 Å². The van der Waals surface area contributed by atoms with Gasteiger partial charge in [-0.25, -0.2) is 4.79 Å². The van der Waals surface area contributed by atoms with Gasteiger partial charge in [0.15, 0.2) is 0 Å². The number of aromatic nitrogens is 1. The van der Waals surface area contributed by atoms with E-state index in [-0.39, 0.29) is 0 Å². The van der Waals surface area contributed by atoms with Crippen molar-refractivity contribution in [2.24, 2.45) is 5.92 Å². The van der Waals surface area contributed by atoms with E-state index in [1.54, 1.807) is 0 Å². The summed E-state index contributed by atoms with van der Waals surface area (Å²) in [7, 11) is 0. The SMILES string of the molecule is O=C(O)c1cc2c([nH]1)CC1C2[C@H]1c1ccccc1. The summed E-state index contributed by atoms with van der Waals surface area (Å²) in [4.78, 5) is 14.0. The second kappa shape index (κ2) is 3.25. The third-order valence-corrected chi connectivity index (χ3v) is 4.32. The zero-order chi connectivity index (χ0) is 12.3. The van der Waals surface area contributed by atoms with Crippen molar-refractivity contribution >= 4 is 5.97 Å². The van der Waals surface area contributed by atoms with Crippen molar-refractivity contribution in [1.29, 1.82) is 0 Å². The number of hydrogen-bond donors (Lipinski definition) is 2. The minimum absolute atomic E-state index is 0.331. The van der Waals surface area contributed by atoms with Gasteiger partial charge in [0, 0.05) is 5.69 Å². The van der Waals surface area contributed by atoms with E-state index in [0.717, 1.165) is 12.1 Å². The fourth-order valence-corrected chi connectivity index (χ4v) is 3.51. The van der Waals surface area contributed by atoms with Crippen molar-refractivity contribution in [1.82, 2.24) is 4.98 Å². The molecule has 1 heterocycles. The van der Waals surface area contributed by atoms with Crippen LogP contribution in [0.3, 0.4) is 0 Å². The highest BCUT2D eigenvalue weighted by molar-refractivity contribution is 5.86. The van der Waals surface area contributed by atoms with Crippen LogP contribution in [0.4, 0.5) is 0 Å². The van der Waals surface area contributed by atoms with E-state index >= 15 is 0 Å². The number of aromatic amines is 1. The Morgan fingerprint density at radius 1 is 1.22 bits per heavy atom. The Balaban J connectivity index is 1.68. The summed E-state index contributed by atoms with van der Waals surface area (Å²) in [6, 6.07) is 12.4. The highest BCUT2D eigenvalue weighted by Crippen LogP contribution is 2.66.